The van der Waals surface area contributed by atoms with Crippen molar-refractivity contribution in [1.82, 2.24) is 4.90 Å². The van der Waals surface area contributed by atoms with E-state index in [9.17, 15) is 0 Å². The number of nitrogens with two attached hydrogens (primary N) is 1. The maximum atomic E-state index is 5.99. The largest absolute Gasteiger partial charge is 0.497 e. The summed E-state index contributed by atoms with van der Waals surface area (Å²) in [6, 6.07) is 6.35. The molecular formula is C16H27ClN2O2. The van der Waals surface area contributed by atoms with E-state index in [4.69, 9.17) is 15.2 Å². The van der Waals surface area contributed by atoms with E-state index in [1.165, 1.54) is 18.4 Å². The molecule has 1 aromatic carbocycles. The molecule has 2 N–H and O–H groups in total. The fourth-order valence-corrected chi connectivity index (χ4v) is 2.86. The van der Waals surface area contributed by atoms with Gasteiger partial charge in [0.2, 0.25) is 0 Å². The van der Waals surface area contributed by atoms with Crippen LogP contribution in [0.2, 0.25) is 0 Å². The van der Waals surface area contributed by atoms with Gasteiger partial charge in [-0.15, -0.1) is 12.4 Å². The predicted molar refractivity (Wildman–Crippen MR) is 88.4 cm³/mol. The number of benzene rings is 1. The van der Waals surface area contributed by atoms with Crippen molar-refractivity contribution in [2.24, 2.45) is 11.7 Å². The highest BCUT2D eigenvalue weighted by Crippen LogP contribution is 2.27. The number of halogens is 1. The van der Waals surface area contributed by atoms with Crippen LogP contribution in [0.1, 0.15) is 25.3 Å². The van der Waals surface area contributed by atoms with Crippen LogP contribution in [-0.4, -0.2) is 38.3 Å². The standard InChI is InChI=1S/C16H26N2O2.ClH/c1-12(17)13-6-8-18(9-7-13)11-14-4-5-15(19-2)10-16(14)20-3;/h4-5,10,12-13H,6-9,11,17H2,1-3H3;1H. The van der Waals surface area contributed by atoms with Gasteiger partial charge in [-0.1, -0.05) is 6.07 Å². The first kappa shape index (κ1) is 18.1. The van der Waals surface area contributed by atoms with Crippen LogP contribution in [0.4, 0.5) is 0 Å². The van der Waals surface area contributed by atoms with Gasteiger partial charge in [-0.25, -0.2) is 0 Å². The molecule has 1 saturated heterocycles. The van der Waals surface area contributed by atoms with Crippen molar-refractivity contribution in [3.63, 3.8) is 0 Å². The highest BCUT2D eigenvalue weighted by molar-refractivity contribution is 5.85. The van der Waals surface area contributed by atoms with E-state index in [1.54, 1.807) is 14.2 Å². The zero-order valence-corrected chi connectivity index (χ0v) is 14.0. The Hall–Kier alpha value is -0.970. The topological polar surface area (TPSA) is 47.7 Å². The molecule has 0 bridgehead atoms. The second kappa shape index (κ2) is 8.47. The average molecular weight is 315 g/mol. The predicted octanol–water partition coefficient (Wildman–Crippen LogP) is 2.68. The molecule has 1 atom stereocenters. The third kappa shape index (κ3) is 4.77. The second-order valence-electron chi connectivity index (χ2n) is 5.65. The molecule has 0 aliphatic carbocycles. The fraction of sp³-hybridized carbons (Fsp3) is 0.625. The minimum atomic E-state index is 0. The average Bonchev–Trinajstić information content (AvgIpc) is 2.48. The highest BCUT2D eigenvalue weighted by Gasteiger charge is 2.22. The third-order valence-corrected chi connectivity index (χ3v) is 4.26. The van der Waals surface area contributed by atoms with E-state index >= 15 is 0 Å². The van der Waals surface area contributed by atoms with E-state index in [1.807, 2.05) is 12.1 Å². The van der Waals surface area contributed by atoms with Gasteiger partial charge < -0.3 is 15.2 Å². The van der Waals surface area contributed by atoms with Gasteiger partial charge in [0.1, 0.15) is 11.5 Å². The smallest absolute Gasteiger partial charge is 0.127 e. The van der Waals surface area contributed by atoms with E-state index in [-0.39, 0.29) is 12.4 Å². The Kier molecular flexibility index (Phi) is 7.29. The van der Waals surface area contributed by atoms with Gasteiger partial charge >= 0.3 is 0 Å². The van der Waals surface area contributed by atoms with Crippen LogP contribution < -0.4 is 15.2 Å². The number of nitrogens with zero attached hydrogens (tertiary/aromatic N) is 1. The minimum absolute atomic E-state index is 0. The van der Waals surface area contributed by atoms with Crippen LogP contribution in [0.25, 0.3) is 0 Å². The highest BCUT2D eigenvalue weighted by atomic mass is 35.5. The summed E-state index contributed by atoms with van der Waals surface area (Å²) in [6.07, 6.45) is 2.38. The molecule has 0 radical (unpaired) electrons. The Labute approximate surface area is 134 Å². The van der Waals surface area contributed by atoms with Crippen molar-refractivity contribution in [3.05, 3.63) is 23.8 Å². The van der Waals surface area contributed by atoms with Crippen LogP contribution in [0.3, 0.4) is 0 Å². The fourth-order valence-electron chi connectivity index (χ4n) is 2.86. The number of ether oxygens (including phenoxy) is 2. The number of hydrogen-bond donors (Lipinski definition) is 1. The number of rotatable bonds is 5. The molecule has 1 aliphatic heterocycles. The molecule has 1 fully saturated rings. The molecule has 0 aromatic heterocycles. The first-order valence-electron chi connectivity index (χ1n) is 7.33. The van der Waals surface area contributed by atoms with Crippen LogP contribution >= 0.6 is 12.4 Å². The lowest BCUT2D eigenvalue weighted by Gasteiger charge is -2.33. The molecule has 1 aromatic rings. The summed E-state index contributed by atoms with van der Waals surface area (Å²) in [7, 11) is 3.38. The lowest BCUT2D eigenvalue weighted by Crippen LogP contribution is -2.39. The molecule has 5 heteroatoms. The van der Waals surface area contributed by atoms with Crippen LogP contribution in [0.15, 0.2) is 18.2 Å². The summed E-state index contributed by atoms with van der Waals surface area (Å²) in [5.74, 6) is 2.41. The van der Waals surface area contributed by atoms with Crippen molar-refractivity contribution in [3.8, 4) is 11.5 Å². The Balaban J connectivity index is 0.00000220. The number of hydrogen-bond acceptors (Lipinski definition) is 4. The lowest BCUT2D eigenvalue weighted by atomic mass is 9.91. The molecule has 1 heterocycles. The molecule has 0 amide bonds. The first-order chi connectivity index (χ1) is 9.63. The van der Waals surface area contributed by atoms with Crippen molar-refractivity contribution < 1.29 is 9.47 Å². The zero-order valence-electron chi connectivity index (χ0n) is 13.2. The van der Waals surface area contributed by atoms with E-state index in [0.29, 0.717) is 12.0 Å². The van der Waals surface area contributed by atoms with Gasteiger partial charge in [0.25, 0.3) is 0 Å². The maximum absolute atomic E-state index is 5.99. The Morgan fingerprint density at radius 2 is 1.90 bits per heavy atom. The number of likely N-dealkylation sites (tertiary alicyclic amines) is 1. The van der Waals surface area contributed by atoms with Gasteiger partial charge in [0, 0.05) is 24.2 Å². The van der Waals surface area contributed by atoms with E-state index < -0.39 is 0 Å². The maximum Gasteiger partial charge on any atom is 0.127 e. The molecule has 120 valence electrons. The normalized spacial score (nSPS) is 17.9. The van der Waals surface area contributed by atoms with Crippen molar-refractivity contribution in [2.75, 3.05) is 27.3 Å². The van der Waals surface area contributed by atoms with E-state index in [2.05, 4.69) is 17.9 Å². The summed E-state index contributed by atoms with van der Waals surface area (Å²) < 4.78 is 10.7. The van der Waals surface area contributed by atoms with Crippen LogP contribution in [-0.2, 0) is 6.54 Å². The molecule has 1 aliphatic rings. The van der Waals surface area contributed by atoms with E-state index in [0.717, 1.165) is 31.1 Å². The quantitative estimate of drug-likeness (QED) is 0.908. The van der Waals surface area contributed by atoms with Crippen molar-refractivity contribution in [2.45, 2.75) is 32.4 Å². The molecule has 21 heavy (non-hydrogen) atoms. The van der Waals surface area contributed by atoms with Crippen LogP contribution in [0, 0.1) is 5.92 Å². The molecule has 4 nitrogen and oxygen atoms in total. The summed E-state index contributed by atoms with van der Waals surface area (Å²) in [5.41, 5.74) is 7.21. The second-order valence-corrected chi connectivity index (χ2v) is 5.65. The molecule has 2 rings (SSSR count). The Bertz CT molecular complexity index is 432. The zero-order chi connectivity index (χ0) is 14.5. The minimum Gasteiger partial charge on any atom is -0.497 e. The van der Waals surface area contributed by atoms with Gasteiger partial charge in [-0.05, 0) is 44.8 Å². The lowest BCUT2D eigenvalue weighted by molar-refractivity contribution is 0.164. The summed E-state index contributed by atoms with van der Waals surface area (Å²) >= 11 is 0. The number of methoxy groups -OCH3 is 2. The van der Waals surface area contributed by atoms with Gasteiger partial charge in [0.05, 0.1) is 14.2 Å². The molecule has 0 saturated carbocycles. The van der Waals surface area contributed by atoms with Crippen molar-refractivity contribution >= 4 is 12.4 Å². The summed E-state index contributed by atoms with van der Waals surface area (Å²) in [5, 5.41) is 0. The van der Waals surface area contributed by atoms with Crippen molar-refractivity contribution in [1.29, 1.82) is 0 Å². The third-order valence-electron chi connectivity index (χ3n) is 4.26. The Morgan fingerprint density at radius 3 is 2.43 bits per heavy atom. The van der Waals surface area contributed by atoms with Gasteiger partial charge in [-0.2, -0.15) is 0 Å². The molecule has 0 spiro atoms. The first-order valence-corrected chi connectivity index (χ1v) is 7.33. The molecule has 1 unspecified atom stereocenters. The number of piperidine rings is 1. The summed E-state index contributed by atoms with van der Waals surface area (Å²) in [6.45, 7) is 5.27. The Morgan fingerprint density at radius 1 is 1.24 bits per heavy atom. The van der Waals surface area contributed by atoms with Gasteiger partial charge in [0.15, 0.2) is 0 Å². The monoisotopic (exact) mass is 314 g/mol. The molecular weight excluding hydrogens is 288 g/mol. The SMILES string of the molecule is COc1ccc(CN2CCC(C(C)N)CC2)c(OC)c1.Cl. The van der Waals surface area contributed by atoms with Crippen LogP contribution in [0.5, 0.6) is 11.5 Å². The summed E-state index contributed by atoms with van der Waals surface area (Å²) in [4.78, 5) is 2.48. The van der Waals surface area contributed by atoms with Gasteiger partial charge in [-0.3, -0.25) is 4.90 Å².